The molecule has 0 aromatic carbocycles. The van der Waals surface area contributed by atoms with Gasteiger partial charge in [0.05, 0.1) is 6.54 Å². The van der Waals surface area contributed by atoms with Crippen molar-refractivity contribution in [2.75, 3.05) is 18.0 Å². The molecule has 0 radical (unpaired) electrons. The number of rotatable bonds is 9. The minimum atomic E-state index is -3.59. The standard InChI is InChI=1S/C17H24N4O3S2/c1-4-21(5-2)16-8-6-14(10-19-16)11-20-26(23,24)17-9-7-15(25-17)12-18-13(3)22/h6-10,20H,4-5,11-12H2,1-3H3,(H,18,22). The second kappa shape index (κ2) is 9.11. The lowest BCUT2D eigenvalue weighted by atomic mass is 10.3. The number of anilines is 1. The molecular weight excluding hydrogens is 372 g/mol. The number of amides is 1. The molecule has 0 saturated carbocycles. The van der Waals surface area contributed by atoms with Crippen molar-refractivity contribution in [1.29, 1.82) is 0 Å². The van der Waals surface area contributed by atoms with Crippen LogP contribution in [0.2, 0.25) is 0 Å². The van der Waals surface area contributed by atoms with Crippen molar-refractivity contribution in [2.24, 2.45) is 0 Å². The highest BCUT2D eigenvalue weighted by Crippen LogP contribution is 2.21. The van der Waals surface area contributed by atoms with Crippen molar-refractivity contribution >= 4 is 33.1 Å². The first kappa shape index (κ1) is 20.3. The van der Waals surface area contributed by atoms with Gasteiger partial charge in [-0.2, -0.15) is 0 Å². The molecule has 0 unspecified atom stereocenters. The zero-order valence-corrected chi connectivity index (χ0v) is 16.8. The van der Waals surface area contributed by atoms with Crippen molar-refractivity contribution in [3.8, 4) is 0 Å². The molecular formula is C17H24N4O3S2. The first-order valence-corrected chi connectivity index (χ1v) is 10.7. The number of sulfonamides is 1. The molecule has 0 aliphatic rings. The van der Waals surface area contributed by atoms with Gasteiger partial charge in [0.15, 0.2) is 0 Å². The number of carbonyl (C=O) groups is 1. The topological polar surface area (TPSA) is 91.4 Å². The highest BCUT2D eigenvalue weighted by Gasteiger charge is 2.17. The third-order valence-electron chi connectivity index (χ3n) is 3.78. The highest BCUT2D eigenvalue weighted by atomic mass is 32.2. The smallest absolute Gasteiger partial charge is 0.250 e. The maximum Gasteiger partial charge on any atom is 0.250 e. The van der Waals surface area contributed by atoms with E-state index in [1.165, 1.54) is 6.92 Å². The Kier molecular flexibility index (Phi) is 7.13. The summed E-state index contributed by atoms with van der Waals surface area (Å²) in [4.78, 5) is 18.2. The third kappa shape index (κ3) is 5.52. The van der Waals surface area contributed by atoms with Gasteiger partial charge >= 0.3 is 0 Å². The van der Waals surface area contributed by atoms with Gasteiger partial charge in [-0.15, -0.1) is 11.3 Å². The fourth-order valence-corrected chi connectivity index (χ4v) is 4.67. The Morgan fingerprint density at radius 3 is 2.46 bits per heavy atom. The predicted molar refractivity (Wildman–Crippen MR) is 104 cm³/mol. The zero-order valence-electron chi connectivity index (χ0n) is 15.2. The summed E-state index contributed by atoms with van der Waals surface area (Å²) in [6.45, 7) is 7.79. The minimum Gasteiger partial charge on any atom is -0.357 e. The van der Waals surface area contributed by atoms with Crippen molar-refractivity contribution in [1.82, 2.24) is 15.0 Å². The van der Waals surface area contributed by atoms with Crippen LogP contribution < -0.4 is 14.9 Å². The number of hydrogen-bond acceptors (Lipinski definition) is 6. The molecule has 142 valence electrons. The van der Waals surface area contributed by atoms with Gasteiger partial charge in [-0.05, 0) is 37.6 Å². The summed E-state index contributed by atoms with van der Waals surface area (Å²) in [5, 5.41) is 2.65. The van der Waals surface area contributed by atoms with E-state index in [0.29, 0.717) is 6.54 Å². The number of carbonyl (C=O) groups excluding carboxylic acids is 1. The summed E-state index contributed by atoms with van der Waals surface area (Å²) >= 11 is 1.14. The van der Waals surface area contributed by atoms with Crippen molar-refractivity contribution in [3.63, 3.8) is 0 Å². The van der Waals surface area contributed by atoms with Crippen LogP contribution in [0.25, 0.3) is 0 Å². The van der Waals surface area contributed by atoms with E-state index in [4.69, 9.17) is 0 Å². The second-order valence-electron chi connectivity index (χ2n) is 5.65. The van der Waals surface area contributed by atoms with Gasteiger partial charge in [-0.3, -0.25) is 4.79 Å². The minimum absolute atomic E-state index is 0.151. The van der Waals surface area contributed by atoms with Crippen LogP contribution in [0.4, 0.5) is 5.82 Å². The number of hydrogen-bond donors (Lipinski definition) is 2. The molecule has 0 spiro atoms. The van der Waals surface area contributed by atoms with Gasteiger partial charge in [0.25, 0.3) is 0 Å². The second-order valence-corrected chi connectivity index (χ2v) is 8.81. The van der Waals surface area contributed by atoms with E-state index in [1.807, 2.05) is 12.1 Å². The molecule has 0 aliphatic carbocycles. The normalized spacial score (nSPS) is 11.3. The molecule has 0 bridgehead atoms. The van der Waals surface area contributed by atoms with Crippen LogP contribution in [0, 0.1) is 0 Å². The van der Waals surface area contributed by atoms with E-state index >= 15 is 0 Å². The van der Waals surface area contributed by atoms with E-state index in [2.05, 4.69) is 33.8 Å². The van der Waals surface area contributed by atoms with Crippen LogP contribution in [-0.4, -0.2) is 32.4 Å². The average molecular weight is 397 g/mol. The Morgan fingerprint density at radius 1 is 1.15 bits per heavy atom. The molecule has 7 nitrogen and oxygen atoms in total. The SMILES string of the molecule is CCN(CC)c1ccc(CNS(=O)(=O)c2ccc(CNC(C)=O)s2)cn1. The summed E-state index contributed by atoms with van der Waals surface area (Å²) in [5.41, 5.74) is 0.791. The van der Waals surface area contributed by atoms with Gasteiger partial charge in [-0.1, -0.05) is 6.07 Å². The summed E-state index contributed by atoms with van der Waals surface area (Å²) in [5.74, 6) is 0.726. The molecule has 0 atom stereocenters. The molecule has 2 heterocycles. The highest BCUT2D eigenvalue weighted by molar-refractivity contribution is 7.91. The molecule has 2 aromatic rings. The lowest BCUT2D eigenvalue weighted by molar-refractivity contribution is -0.119. The van der Waals surface area contributed by atoms with Crippen LogP contribution in [0.1, 0.15) is 31.2 Å². The third-order valence-corrected chi connectivity index (χ3v) is 6.75. The van der Waals surface area contributed by atoms with Crippen molar-refractivity contribution in [3.05, 3.63) is 40.9 Å². The van der Waals surface area contributed by atoms with Crippen molar-refractivity contribution in [2.45, 2.75) is 38.1 Å². The number of nitrogens with one attached hydrogen (secondary N) is 2. The van der Waals surface area contributed by atoms with Crippen LogP contribution >= 0.6 is 11.3 Å². The number of pyridine rings is 1. The molecule has 26 heavy (non-hydrogen) atoms. The van der Waals surface area contributed by atoms with Gasteiger partial charge in [0.2, 0.25) is 15.9 Å². The maximum absolute atomic E-state index is 12.4. The summed E-state index contributed by atoms with van der Waals surface area (Å²) < 4.78 is 27.6. The summed E-state index contributed by atoms with van der Waals surface area (Å²) in [6.07, 6.45) is 1.69. The Morgan fingerprint density at radius 2 is 1.88 bits per heavy atom. The molecule has 0 aliphatic heterocycles. The first-order valence-electron chi connectivity index (χ1n) is 8.38. The van der Waals surface area contributed by atoms with Crippen LogP contribution in [0.3, 0.4) is 0 Å². The molecule has 9 heteroatoms. The number of nitrogens with zero attached hydrogens (tertiary/aromatic N) is 2. The van der Waals surface area contributed by atoms with E-state index in [-0.39, 0.29) is 16.7 Å². The van der Waals surface area contributed by atoms with Crippen LogP contribution in [0.5, 0.6) is 0 Å². The first-order chi connectivity index (χ1) is 12.4. The molecule has 2 aromatic heterocycles. The van der Waals surface area contributed by atoms with Gasteiger partial charge < -0.3 is 10.2 Å². The number of aromatic nitrogens is 1. The Labute approximate surface area is 158 Å². The van der Waals surface area contributed by atoms with E-state index < -0.39 is 10.0 Å². The largest absolute Gasteiger partial charge is 0.357 e. The van der Waals surface area contributed by atoms with Crippen molar-refractivity contribution < 1.29 is 13.2 Å². The Hall–Kier alpha value is -1.97. The maximum atomic E-state index is 12.4. The molecule has 0 saturated heterocycles. The molecule has 2 rings (SSSR count). The average Bonchev–Trinajstić information content (AvgIpc) is 3.10. The summed E-state index contributed by atoms with van der Waals surface area (Å²) in [6, 6.07) is 7.02. The Bertz CT molecular complexity index is 828. The summed E-state index contributed by atoms with van der Waals surface area (Å²) in [7, 11) is -3.59. The van der Waals surface area contributed by atoms with Gasteiger partial charge in [-0.25, -0.2) is 18.1 Å². The lowest BCUT2D eigenvalue weighted by Crippen LogP contribution is -2.24. The zero-order chi connectivity index (χ0) is 19.2. The molecule has 2 N–H and O–H groups in total. The van der Waals surface area contributed by atoms with E-state index in [0.717, 1.165) is 40.7 Å². The van der Waals surface area contributed by atoms with Gasteiger partial charge in [0, 0.05) is 37.6 Å². The molecule has 0 fully saturated rings. The van der Waals surface area contributed by atoms with Crippen LogP contribution in [-0.2, 0) is 27.9 Å². The van der Waals surface area contributed by atoms with Crippen LogP contribution in [0.15, 0.2) is 34.7 Å². The number of thiophene rings is 1. The predicted octanol–water partition coefficient (Wildman–Crippen LogP) is 2.10. The molecule has 1 amide bonds. The fourth-order valence-electron chi connectivity index (χ4n) is 2.31. The lowest BCUT2D eigenvalue weighted by Gasteiger charge is -2.19. The van der Waals surface area contributed by atoms with Gasteiger partial charge in [0.1, 0.15) is 10.0 Å². The monoisotopic (exact) mass is 396 g/mol. The van der Waals surface area contributed by atoms with E-state index in [9.17, 15) is 13.2 Å². The Balaban J connectivity index is 1.98. The van der Waals surface area contributed by atoms with E-state index in [1.54, 1.807) is 18.3 Å². The quantitative estimate of drug-likeness (QED) is 0.677. The fraction of sp³-hybridized carbons (Fsp3) is 0.412.